The number of hydrogen-bond donors (Lipinski definition) is 1. The van der Waals surface area contributed by atoms with Crippen LogP contribution in [0, 0.1) is 0 Å². The lowest BCUT2D eigenvalue weighted by Gasteiger charge is -2.24. The van der Waals surface area contributed by atoms with Crippen LogP contribution in [0.2, 0.25) is 10.0 Å². The second kappa shape index (κ2) is 7.00. The summed E-state index contributed by atoms with van der Waals surface area (Å²) >= 11 is 11.8. The molecular formula is C14H16Cl2N2O3. The second-order valence-electron chi connectivity index (χ2n) is 4.76. The molecular weight excluding hydrogens is 315 g/mol. The molecule has 2 rings (SSSR count). The molecule has 1 atom stereocenters. The van der Waals surface area contributed by atoms with Crippen LogP contribution in [0.5, 0.6) is 5.75 Å². The lowest BCUT2D eigenvalue weighted by Crippen LogP contribution is -2.42. The summed E-state index contributed by atoms with van der Waals surface area (Å²) in [4.78, 5) is 25.2. The molecule has 5 nitrogen and oxygen atoms in total. The molecule has 1 aromatic rings. The van der Waals surface area contributed by atoms with Crippen LogP contribution < -0.4 is 10.1 Å². The van der Waals surface area contributed by atoms with Crippen molar-refractivity contribution < 1.29 is 14.3 Å². The number of ether oxygens (including phenoxy) is 1. The van der Waals surface area contributed by atoms with Gasteiger partial charge in [0.2, 0.25) is 5.91 Å². The van der Waals surface area contributed by atoms with Crippen molar-refractivity contribution in [1.82, 2.24) is 10.2 Å². The Balaban J connectivity index is 2.00. The van der Waals surface area contributed by atoms with E-state index < -0.39 is 6.10 Å². The first kappa shape index (κ1) is 15.9. The highest BCUT2D eigenvalue weighted by molar-refractivity contribution is 6.35. The summed E-state index contributed by atoms with van der Waals surface area (Å²) in [6, 6.07) is 4.83. The van der Waals surface area contributed by atoms with E-state index in [0.29, 0.717) is 41.8 Å². The fourth-order valence-electron chi connectivity index (χ4n) is 2.06. The first-order valence-electron chi connectivity index (χ1n) is 6.64. The minimum absolute atomic E-state index is 0.0420. The smallest absolute Gasteiger partial charge is 0.263 e. The maximum absolute atomic E-state index is 12.3. The molecule has 1 aliphatic rings. The molecule has 1 saturated heterocycles. The molecule has 1 N–H and O–H groups in total. The highest BCUT2D eigenvalue weighted by Crippen LogP contribution is 2.28. The Morgan fingerprint density at radius 3 is 2.86 bits per heavy atom. The molecule has 21 heavy (non-hydrogen) atoms. The Hall–Kier alpha value is -1.46. The fourth-order valence-corrected chi connectivity index (χ4v) is 2.51. The monoisotopic (exact) mass is 330 g/mol. The predicted octanol–water partition coefficient (Wildman–Crippen LogP) is 2.11. The summed E-state index contributed by atoms with van der Waals surface area (Å²) in [5.41, 5.74) is 0. The average molecular weight is 331 g/mol. The molecule has 114 valence electrons. The van der Waals surface area contributed by atoms with Crippen molar-refractivity contribution in [3.63, 3.8) is 0 Å². The Kier molecular flexibility index (Phi) is 5.31. The SMILES string of the molecule is CC(Oc1ccc(Cl)cc1Cl)C(=O)N1CCNC(=O)CC1. The fraction of sp³-hybridized carbons (Fsp3) is 0.429. The normalized spacial score (nSPS) is 16.9. The van der Waals surface area contributed by atoms with E-state index in [1.54, 1.807) is 30.0 Å². The highest BCUT2D eigenvalue weighted by Gasteiger charge is 2.24. The number of carbonyl (C=O) groups is 2. The summed E-state index contributed by atoms with van der Waals surface area (Å²) in [7, 11) is 0. The van der Waals surface area contributed by atoms with Crippen LogP contribution in [0.4, 0.5) is 0 Å². The summed E-state index contributed by atoms with van der Waals surface area (Å²) in [5.74, 6) is 0.197. The zero-order valence-corrected chi connectivity index (χ0v) is 13.1. The minimum atomic E-state index is -0.683. The van der Waals surface area contributed by atoms with Crippen molar-refractivity contribution >= 4 is 35.0 Å². The lowest BCUT2D eigenvalue weighted by atomic mass is 10.3. The Bertz CT molecular complexity index is 551. The van der Waals surface area contributed by atoms with E-state index in [2.05, 4.69) is 5.32 Å². The standard InChI is InChI=1S/C14H16Cl2N2O3/c1-9(21-12-3-2-10(15)8-11(12)16)14(20)18-6-4-13(19)17-5-7-18/h2-3,8-9H,4-7H2,1H3,(H,17,19). The van der Waals surface area contributed by atoms with Gasteiger partial charge in [0.1, 0.15) is 5.75 Å². The van der Waals surface area contributed by atoms with Gasteiger partial charge in [-0.3, -0.25) is 9.59 Å². The molecule has 0 bridgehead atoms. The van der Waals surface area contributed by atoms with Gasteiger partial charge in [-0.2, -0.15) is 0 Å². The van der Waals surface area contributed by atoms with Crippen LogP contribution in [0.3, 0.4) is 0 Å². The van der Waals surface area contributed by atoms with E-state index in [0.717, 1.165) is 0 Å². The number of benzene rings is 1. The van der Waals surface area contributed by atoms with Gasteiger partial charge in [0.05, 0.1) is 5.02 Å². The van der Waals surface area contributed by atoms with E-state index in [-0.39, 0.29) is 11.8 Å². The van der Waals surface area contributed by atoms with E-state index in [4.69, 9.17) is 27.9 Å². The topological polar surface area (TPSA) is 58.6 Å². The largest absolute Gasteiger partial charge is 0.479 e. The number of nitrogens with one attached hydrogen (secondary N) is 1. The molecule has 1 aliphatic heterocycles. The summed E-state index contributed by atoms with van der Waals surface area (Å²) < 4.78 is 5.60. The van der Waals surface area contributed by atoms with Gasteiger partial charge < -0.3 is 15.0 Å². The molecule has 0 spiro atoms. The first-order chi connectivity index (χ1) is 9.97. The van der Waals surface area contributed by atoms with Crippen LogP contribution in [-0.4, -0.2) is 42.5 Å². The van der Waals surface area contributed by atoms with Gasteiger partial charge in [-0.15, -0.1) is 0 Å². The molecule has 2 amide bonds. The zero-order chi connectivity index (χ0) is 15.4. The van der Waals surface area contributed by atoms with Crippen LogP contribution >= 0.6 is 23.2 Å². The van der Waals surface area contributed by atoms with Gasteiger partial charge in [-0.05, 0) is 25.1 Å². The van der Waals surface area contributed by atoms with Crippen LogP contribution in [0.15, 0.2) is 18.2 Å². The number of hydrogen-bond acceptors (Lipinski definition) is 3. The number of rotatable bonds is 3. The van der Waals surface area contributed by atoms with E-state index in [9.17, 15) is 9.59 Å². The summed E-state index contributed by atoms with van der Waals surface area (Å²) in [6.45, 7) is 2.99. The highest BCUT2D eigenvalue weighted by atomic mass is 35.5. The molecule has 1 unspecified atom stereocenters. The van der Waals surface area contributed by atoms with Crippen LogP contribution in [0.1, 0.15) is 13.3 Å². The van der Waals surface area contributed by atoms with Gasteiger partial charge in [0, 0.05) is 31.1 Å². The summed E-state index contributed by atoms with van der Waals surface area (Å²) in [6.07, 6.45) is -0.378. The number of nitrogens with zero attached hydrogens (tertiary/aromatic N) is 1. The molecule has 0 radical (unpaired) electrons. The van der Waals surface area contributed by atoms with Crippen molar-refractivity contribution in [3.8, 4) is 5.75 Å². The van der Waals surface area contributed by atoms with E-state index in [1.165, 1.54) is 0 Å². The predicted molar refractivity (Wildman–Crippen MR) is 80.8 cm³/mol. The molecule has 1 aromatic carbocycles. The van der Waals surface area contributed by atoms with Gasteiger partial charge >= 0.3 is 0 Å². The first-order valence-corrected chi connectivity index (χ1v) is 7.40. The van der Waals surface area contributed by atoms with Crippen molar-refractivity contribution in [2.24, 2.45) is 0 Å². The lowest BCUT2D eigenvalue weighted by molar-refractivity contribution is -0.137. The third kappa shape index (κ3) is 4.25. The van der Waals surface area contributed by atoms with E-state index >= 15 is 0 Å². The van der Waals surface area contributed by atoms with Crippen molar-refractivity contribution in [2.45, 2.75) is 19.4 Å². The van der Waals surface area contributed by atoms with Crippen molar-refractivity contribution in [2.75, 3.05) is 19.6 Å². The Morgan fingerprint density at radius 2 is 2.14 bits per heavy atom. The molecule has 1 fully saturated rings. The zero-order valence-electron chi connectivity index (χ0n) is 11.6. The van der Waals surface area contributed by atoms with E-state index in [1.807, 2.05) is 0 Å². The molecule has 0 saturated carbocycles. The van der Waals surface area contributed by atoms with Crippen molar-refractivity contribution in [1.29, 1.82) is 0 Å². The summed E-state index contributed by atoms with van der Waals surface area (Å²) in [5, 5.41) is 3.58. The number of carbonyl (C=O) groups excluding carboxylic acids is 2. The van der Waals surface area contributed by atoms with Crippen LogP contribution in [-0.2, 0) is 9.59 Å². The van der Waals surface area contributed by atoms with Gasteiger partial charge in [-0.25, -0.2) is 0 Å². The maximum Gasteiger partial charge on any atom is 0.263 e. The van der Waals surface area contributed by atoms with Crippen molar-refractivity contribution in [3.05, 3.63) is 28.2 Å². The Morgan fingerprint density at radius 1 is 1.38 bits per heavy atom. The second-order valence-corrected chi connectivity index (χ2v) is 5.60. The number of halogens is 2. The van der Waals surface area contributed by atoms with Gasteiger partial charge in [0.25, 0.3) is 5.91 Å². The number of amides is 2. The Labute approximate surface area is 133 Å². The third-order valence-corrected chi connectivity index (χ3v) is 3.70. The van der Waals surface area contributed by atoms with Gasteiger partial charge in [-0.1, -0.05) is 23.2 Å². The minimum Gasteiger partial charge on any atom is -0.479 e. The molecule has 0 aromatic heterocycles. The quantitative estimate of drug-likeness (QED) is 0.923. The third-order valence-electron chi connectivity index (χ3n) is 3.17. The molecule has 1 heterocycles. The maximum atomic E-state index is 12.3. The molecule has 7 heteroatoms. The van der Waals surface area contributed by atoms with Crippen LogP contribution in [0.25, 0.3) is 0 Å². The average Bonchev–Trinajstić information content (AvgIpc) is 2.66. The van der Waals surface area contributed by atoms with Gasteiger partial charge in [0.15, 0.2) is 6.10 Å². The molecule has 0 aliphatic carbocycles.